The summed E-state index contributed by atoms with van der Waals surface area (Å²) in [5.41, 5.74) is 2.23. The molecule has 0 radical (unpaired) electrons. The maximum atomic E-state index is 12.9. The molecule has 5 nitrogen and oxygen atoms in total. The number of rotatable bonds is 4. The van der Waals surface area contributed by atoms with Crippen LogP contribution in [0.4, 0.5) is 0 Å². The van der Waals surface area contributed by atoms with Crippen LogP contribution in [0.2, 0.25) is 0 Å². The summed E-state index contributed by atoms with van der Waals surface area (Å²) in [6, 6.07) is 16.3. The van der Waals surface area contributed by atoms with Crippen LogP contribution in [-0.2, 0) is 11.3 Å². The average Bonchev–Trinajstić information content (AvgIpc) is 2.68. The van der Waals surface area contributed by atoms with Crippen molar-refractivity contribution in [1.29, 1.82) is 5.26 Å². The number of piperidine rings is 1. The zero-order valence-corrected chi connectivity index (χ0v) is 14.5. The van der Waals surface area contributed by atoms with E-state index in [4.69, 9.17) is 10.00 Å². The lowest BCUT2D eigenvalue weighted by Crippen LogP contribution is -2.57. The van der Waals surface area contributed by atoms with Gasteiger partial charge in [0, 0.05) is 30.7 Å². The van der Waals surface area contributed by atoms with Crippen LogP contribution < -0.4 is 0 Å². The van der Waals surface area contributed by atoms with Gasteiger partial charge in [0.15, 0.2) is 5.78 Å². The zero-order chi connectivity index (χ0) is 17.9. The molecule has 0 spiro atoms. The fourth-order valence-electron chi connectivity index (χ4n) is 4.07. The second kappa shape index (κ2) is 7.36. The molecule has 2 aliphatic heterocycles. The van der Waals surface area contributed by atoms with Gasteiger partial charge >= 0.3 is 0 Å². The number of fused-ring (bicyclic) bond motifs is 2. The number of carbonyl (C=O) groups excluding carboxylic acids is 1. The summed E-state index contributed by atoms with van der Waals surface area (Å²) in [5, 5.41) is 8.88. The highest BCUT2D eigenvalue weighted by atomic mass is 16.5. The molecule has 2 unspecified atom stereocenters. The minimum absolute atomic E-state index is 0.0265. The first kappa shape index (κ1) is 16.9. The normalized spacial score (nSPS) is 25.4. The van der Waals surface area contributed by atoms with Crippen LogP contribution in [0.5, 0.6) is 0 Å². The molecule has 0 N–H and O–H groups in total. The van der Waals surface area contributed by atoms with Gasteiger partial charge in [0.25, 0.3) is 0 Å². The summed E-state index contributed by atoms with van der Waals surface area (Å²) in [6.45, 7) is 2.25. The molecule has 26 heavy (non-hydrogen) atoms. The monoisotopic (exact) mass is 347 g/mol. The molecule has 132 valence electrons. The van der Waals surface area contributed by atoms with E-state index in [0.29, 0.717) is 24.5 Å². The summed E-state index contributed by atoms with van der Waals surface area (Å²) in [7, 11) is 0. The van der Waals surface area contributed by atoms with Crippen LogP contribution in [0.15, 0.2) is 48.7 Å². The quantitative estimate of drug-likeness (QED) is 0.796. The molecule has 1 aromatic carbocycles. The largest absolute Gasteiger partial charge is 0.378 e. The summed E-state index contributed by atoms with van der Waals surface area (Å²) >= 11 is 0. The van der Waals surface area contributed by atoms with E-state index < -0.39 is 0 Å². The number of benzene rings is 1. The number of carbonyl (C=O) groups is 1. The highest BCUT2D eigenvalue weighted by molar-refractivity contribution is 5.96. The molecule has 4 rings (SSSR count). The molecule has 1 aromatic heterocycles. The van der Waals surface area contributed by atoms with E-state index in [2.05, 4.69) is 34.1 Å². The van der Waals surface area contributed by atoms with Gasteiger partial charge in [-0.25, -0.2) is 0 Å². The number of ether oxygens (including phenoxy) is 1. The van der Waals surface area contributed by atoms with Crippen LogP contribution in [0, 0.1) is 17.2 Å². The van der Waals surface area contributed by atoms with Gasteiger partial charge in [0.2, 0.25) is 0 Å². The van der Waals surface area contributed by atoms with Gasteiger partial charge in [-0.2, -0.15) is 5.26 Å². The van der Waals surface area contributed by atoms with Crippen molar-refractivity contribution in [3.05, 3.63) is 65.5 Å². The molecule has 0 amide bonds. The summed E-state index contributed by atoms with van der Waals surface area (Å²) in [5.74, 6) is 0.0621. The van der Waals surface area contributed by atoms with Crippen molar-refractivity contribution in [3.8, 4) is 6.07 Å². The lowest BCUT2D eigenvalue weighted by molar-refractivity contribution is -0.0873. The standard InChI is InChI=1S/C21H21N3O2/c22-10-16-6-7-20(23-11-16)21(25)17-8-18-13-26-14-19(9-17)24(18)12-15-4-2-1-3-5-15/h1-7,11,17-19H,8-9,12-14H2. The van der Waals surface area contributed by atoms with E-state index in [-0.39, 0.29) is 23.8 Å². The number of ketones is 1. The Labute approximate surface area is 153 Å². The van der Waals surface area contributed by atoms with Gasteiger partial charge in [-0.15, -0.1) is 0 Å². The van der Waals surface area contributed by atoms with Crippen molar-refractivity contribution in [1.82, 2.24) is 9.88 Å². The van der Waals surface area contributed by atoms with Crippen molar-refractivity contribution in [2.24, 2.45) is 5.92 Å². The first-order valence-corrected chi connectivity index (χ1v) is 9.02. The lowest BCUT2D eigenvalue weighted by atomic mass is 9.81. The molecule has 2 saturated heterocycles. The number of aromatic nitrogens is 1. The second-order valence-corrected chi connectivity index (χ2v) is 7.08. The molecule has 3 heterocycles. The van der Waals surface area contributed by atoms with E-state index in [0.717, 1.165) is 19.4 Å². The Morgan fingerprint density at radius 3 is 2.50 bits per heavy atom. The minimum atomic E-state index is -0.0265. The van der Waals surface area contributed by atoms with Crippen molar-refractivity contribution < 1.29 is 9.53 Å². The van der Waals surface area contributed by atoms with Gasteiger partial charge < -0.3 is 4.74 Å². The maximum absolute atomic E-state index is 12.9. The van der Waals surface area contributed by atoms with Gasteiger partial charge in [0.1, 0.15) is 11.8 Å². The van der Waals surface area contributed by atoms with E-state index in [1.165, 1.54) is 11.8 Å². The fraction of sp³-hybridized carbons (Fsp3) is 0.381. The van der Waals surface area contributed by atoms with Crippen molar-refractivity contribution in [2.75, 3.05) is 13.2 Å². The predicted octanol–water partition coefficient (Wildman–Crippen LogP) is 2.82. The van der Waals surface area contributed by atoms with Crippen molar-refractivity contribution in [2.45, 2.75) is 31.5 Å². The molecule has 2 atom stereocenters. The summed E-state index contributed by atoms with van der Waals surface area (Å²) in [6.07, 6.45) is 3.06. The van der Waals surface area contributed by atoms with Gasteiger partial charge in [0.05, 0.1) is 18.8 Å². The Hall–Kier alpha value is -2.55. The smallest absolute Gasteiger partial charge is 0.184 e. The SMILES string of the molecule is N#Cc1ccc(C(=O)C2CC3COCC(C2)N3Cc2ccccc2)nc1. The molecule has 2 bridgehead atoms. The Kier molecular flexibility index (Phi) is 4.79. The Morgan fingerprint density at radius 2 is 1.88 bits per heavy atom. The predicted molar refractivity (Wildman–Crippen MR) is 96.4 cm³/mol. The van der Waals surface area contributed by atoms with E-state index in [1.54, 1.807) is 12.1 Å². The molecule has 0 saturated carbocycles. The van der Waals surface area contributed by atoms with Gasteiger partial charge in [-0.1, -0.05) is 30.3 Å². The van der Waals surface area contributed by atoms with Gasteiger partial charge in [-0.05, 0) is 30.5 Å². The van der Waals surface area contributed by atoms with Crippen LogP contribution in [0.3, 0.4) is 0 Å². The number of hydrogen-bond acceptors (Lipinski definition) is 5. The number of nitrogens with zero attached hydrogens (tertiary/aromatic N) is 3. The first-order chi connectivity index (χ1) is 12.7. The van der Waals surface area contributed by atoms with Crippen molar-refractivity contribution in [3.63, 3.8) is 0 Å². The number of hydrogen-bond donors (Lipinski definition) is 0. The summed E-state index contributed by atoms with van der Waals surface area (Å²) in [4.78, 5) is 19.6. The number of Topliss-reactive ketones (excluding diaryl/α,β-unsaturated/α-hetero) is 1. The third-order valence-electron chi connectivity index (χ3n) is 5.40. The fourth-order valence-corrected chi connectivity index (χ4v) is 4.07. The Bertz CT molecular complexity index is 799. The van der Waals surface area contributed by atoms with Crippen molar-refractivity contribution >= 4 is 5.78 Å². The lowest BCUT2D eigenvalue weighted by Gasteiger charge is -2.48. The van der Waals surface area contributed by atoms with E-state index in [1.807, 2.05) is 12.1 Å². The third kappa shape index (κ3) is 3.39. The second-order valence-electron chi connectivity index (χ2n) is 7.08. The number of morpholine rings is 1. The average molecular weight is 347 g/mol. The molecular weight excluding hydrogens is 326 g/mol. The number of nitriles is 1. The Balaban J connectivity index is 1.48. The highest BCUT2D eigenvalue weighted by Crippen LogP contribution is 2.34. The van der Waals surface area contributed by atoms with E-state index in [9.17, 15) is 4.79 Å². The first-order valence-electron chi connectivity index (χ1n) is 9.02. The molecule has 5 heteroatoms. The van der Waals surface area contributed by atoms with Crippen LogP contribution in [0.1, 0.15) is 34.5 Å². The van der Waals surface area contributed by atoms with Crippen LogP contribution in [-0.4, -0.2) is 41.0 Å². The molecule has 2 aromatic rings. The number of pyridine rings is 1. The molecule has 2 fully saturated rings. The van der Waals surface area contributed by atoms with Crippen LogP contribution in [0.25, 0.3) is 0 Å². The Morgan fingerprint density at radius 1 is 1.15 bits per heavy atom. The molecule has 2 aliphatic rings. The minimum Gasteiger partial charge on any atom is -0.378 e. The van der Waals surface area contributed by atoms with E-state index >= 15 is 0 Å². The summed E-state index contributed by atoms with van der Waals surface area (Å²) < 4.78 is 5.76. The van der Waals surface area contributed by atoms with Gasteiger partial charge in [-0.3, -0.25) is 14.7 Å². The third-order valence-corrected chi connectivity index (χ3v) is 5.40. The zero-order valence-electron chi connectivity index (χ0n) is 14.5. The highest BCUT2D eigenvalue weighted by Gasteiger charge is 2.41. The van der Waals surface area contributed by atoms with Crippen LogP contribution >= 0.6 is 0 Å². The molecule has 0 aliphatic carbocycles. The molecular formula is C21H21N3O2. The maximum Gasteiger partial charge on any atom is 0.184 e. The topological polar surface area (TPSA) is 66.2 Å².